The van der Waals surface area contributed by atoms with Crippen LogP contribution in [-0.4, -0.2) is 51.9 Å². The summed E-state index contributed by atoms with van der Waals surface area (Å²) in [6, 6.07) is -0.692. The molecule has 0 saturated carbocycles. The van der Waals surface area contributed by atoms with Gasteiger partial charge in [-0.3, -0.25) is 14.4 Å². The van der Waals surface area contributed by atoms with E-state index in [9.17, 15) is 19.5 Å². The second-order valence-corrected chi connectivity index (χ2v) is 4.80. The summed E-state index contributed by atoms with van der Waals surface area (Å²) in [6.07, 6.45) is 1.48. The molecule has 0 radical (unpaired) electrons. The Balaban J connectivity index is 2.52. The zero-order valence-electron chi connectivity index (χ0n) is 11.2. The van der Waals surface area contributed by atoms with E-state index in [1.54, 1.807) is 11.9 Å². The first kappa shape index (κ1) is 14.4. The number of hydrazine groups is 1. The predicted octanol–water partition coefficient (Wildman–Crippen LogP) is -0.493. The Kier molecular flexibility index (Phi) is 3.74. The molecule has 1 fully saturated rings. The molecule has 1 unspecified atom stereocenters. The van der Waals surface area contributed by atoms with E-state index in [0.717, 1.165) is 0 Å². The van der Waals surface area contributed by atoms with Gasteiger partial charge in [-0.2, -0.15) is 0 Å². The predicted molar refractivity (Wildman–Crippen MR) is 70.0 cm³/mol. The third-order valence-corrected chi connectivity index (χ3v) is 3.55. The van der Waals surface area contributed by atoms with Crippen molar-refractivity contribution in [1.82, 2.24) is 10.0 Å². The molecular weight excluding hydrogens is 262 g/mol. The maximum atomic E-state index is 12.1. The fraction of sp³-hybridized carbons (Fsp3) is 0.462. The molecule has 0 spiro atoms. The first-order valence-corrected chi connectivity index (χ1v) is 6.38. The minimum absolute atomic E-state index is 0.163. The van der Waals surface area contributed by atoms with Crippen molar-refractivity contribution in [2.75, 3.05) is 13.1 Å². The SMILES string of the molecule is C=CC(C(=O)O)C1=C(C(=O)CC)CN2C[C@H](N)C(=O)N12. The molecule has 2 aliphatic rings. The van der Waals surface area contributed by atoms with Crippen LogP contribution in [0.2, 0.25) is 0 Å². The summed E-state index contributed by atoms with van der Waals surface area (Å²) in [5, 5.41) is 12.1. The number of nitrogens with two attached hydrogens (primary N) is 1. The molecule has 2 heterocycles. The molecule has 7 heteroatoms. The summed E-state index contributed by atoms with van der Waals surface area (Å²) < 4.78 is 0. The summed E-state index contributed by atoms with van der Waals surface area (Å²) in [4.78, 5) is 35.4. The number of Topliss-reactive ketones (excluding diaryl/α,β-unsaturated/α-hetero) is 1. The summed E-state index contributed by atoms with van der Waals surface area (Å²) in [7, 11) is 0. The topological polar surface area (TPSA) is 104 Å². The standard InChI is InChI=1S/C13H17N3O4/c1-3-7(13(19)20)11-8(10(17)4-2)5-15-6-9(14)12(18)16(11)15/h3,7,9H,1,4-6,14H2,2H3,(H,19,20)/t7?,9-/m0/s1. The van der Waals surface area contributed by atoms with E-state index in [1.807, 2.05) is 0 Å². The van der Waals surface area contributed by atoms with Crippen LogP contribution in [0.4, 0.5) is 0 Å². The molecule has 0 bridgehead atoms. The maximum Gasteiger partial charge on any atom is 0.316 e. The van der Waals surface area contributed by atoms with Crippen molar-refractivity contribution in [2.24, 2.45) is 11.7 Å². The van der Waals surface area contributed by atoms with E-state index in [1.165, 1.54) is 11.1 Å². The molecule has 0 aromatic carbocycles. The van der Waals surface area contributed by atoms with Crippen LogP contribution in [0.3, 0.4) is 0 Å². The zero-order chi connectivity index (χ0) is 15.0. The molecular formula is C13H17N3O4. The number of hydrogen-bond donors (Lipinski definition) is 2. The summed E-state index contributed by atoms with van der Waals surface area (Å²) in [5.41, 5.74) is 6.24. The number of fused-ring (bicyclic) bond motifs is 1. The number of carbonyl (C=O) groups excluding carboxylic acids is 2. The lowest BCUT2D eigenvalue weighted by atomic mass is 9.97. The fourth-order valence-corrected chi connectivity index (χ4v) is 2.57. The molecule has 0 aromatic rings. The smallest absolute Gasteiger partial charge is 0.316 e. The van der Waals surface area contributed by atoms with Gasteiger partial charge in [-0.25, -0.2) is 10.0 Å². The van der Waals surface area contributed by atoms with Crippen molar-refractivity contribution in [3.63, 3.8) is 0 Å². The number of carboxylic acids is 1. The van der Waals surface area contributed by atoms with Crippen LogP contribution in [0.1, 0.15) is 13.3 Å². The second kappa shape index (κ2) is 5.18. The minimum atomic E-state index is -1.15. The van der Waals surface area contributed by atoms with Crippen molar-refractivity contribution in [3.05, 3.63) is 23.9 Å². The largest absolute Gasteiger partial charge is 0.481 e. The lowest BCUT2D eigenvalue weighted by Crippen LogP contribution is -2.38. The Bertz CT molecular complexity index is 526. The van der Waals surface area contributed by atoms with Crippen molar-refractivity contribution in [1.29, 1.82) is 0 Å². The molecule has 1 saturated heterocycles. The second-order valence-electron chi connectivity index (χ2n) is 4.80. The Labute approximate surface area is 116 Å². The summed E-state index contributed by atoms with van der Waals surface area (Å²) in [5.74, 6) is -2.79. The minimum Gasteiger partial charge on any atom is -0.481 e. The highest BCUT2D eigenvalue weighted by Crippen LogP contribution is 2.34. The van der Waals surface area contributed by atoms with E-state index in [-0.39, 0.29) is 36.9 Å². The lowest BCUT2D eigenvalue weighted by Gasteiger charge is -2.24. The van der Waals surface area contributed by atoms with Crippen LogP contribution in [0.5, 0.6) is 0 Å². The van der Waals surface area contributed by atoms with Crippen LogP contribution in [-0.2, 0) is 14.4 Å². The van der Waals surface area contributed by atoms with Gasteiger partial charge >= 0.3 is 5.97 Å². The Morgan fingerprint density at radius 1 is 1.60 bits per heavy atom. The number of rotatable bonds is 5. The van der Waals surface area contributed by atoms with Gasteiger partial charge in [0.25, 0.3) is 5.91 Å². The van der Waals surface area contributed by atoms with Gasteiger partial charge in [0, 0.05) is 25.1 Å². The monoisotopic (exact) mass is 279 g/mol. The van der Waals surface area contributed by atoms with E-state index < -0.39 is 17.9 Å². The van der Waals surface area contributed by atoms with E-state index in [2.05, 4.69) is 6.58 Å². The Morgan fingerprint density at radius 2 is 2.25 bits per heavy atom. The third-order valence-electron chi connectivity index (χ3n) is 3.55. The molecule has 20 heavy (non-hydrogen) atoms. The molecule has 3 N–H and O–H groups in total. The van der Waals surface area contributed by atoms with Gasteiger partial charge in [0.15, 0.2) is 5.78 Å². The highest BCUT2D eigenvalue weighted by Gasteiger charge is 2.47. The molecule has 7 nitrogen and oxygen atoms in total. The van der Waals surface area contributed by atoms with Crippen molar-refractivity contribution in [2.45, 2.75) is 19.4 Å². The number of carbonyl (C=O) groups is 3. The van der Waals surface area contributed by atoms with Crippen molar-refractivity contribution in [3.8, 4) is 0 Å². The van der Waals surface area contributed by atoms with E-state index >= 15 is 0 Å². The third kappa shape index (κ3) is 2.04. The summed E-state index contributed by atoms with van der Waals surface area (Å²) in [6.45, 7) is 5.69. The number of ketones is 1. The molecule has 0 aromatic heterocycles. The number of nitrogens with zero attached hydrogens (tertiary/aromatic N) is 2. The Morgan fingerprint density at radius 3 is 2.75 bits per heavy atom. The Hall–Kier alpha value is -1.99. The molecule has 108 valence electrons. The fourth-order valence-electron chi connectivity index (χ4n) is 2.57. The number of amides is 1. The van der Waals surface area contributed by atoms with Gasteiger partial charge < -0.3 is 10.8 Å². The van der Waals surface area contributed by atoms with Gasteiger partial charge in [-0.15, -0.1) is 6.58 Å². The molecule has 2 aliphatic heterocycles. The molecule has 2 rings (SSSR count). The average Bonchev–Trinajstić information content (AvgIpc) is 2.88. The highest BCUT2D eigenvalue weighted by atomic mass is 16.4. The van der Waals surface area contributed by atoms with E-state index in [0.29, 0.717) is 5.57 Å². The van der Waals surface area contributed by atoms with Gasteiger partial charge in [0.2, 0.25) is 0 Å². The first-order chi connectivity index (χ1) is 9.42. The number of hydrogen-bond acceptors (Lipinski definition) is 5. The van der Waals surface area contributed by atoms with Crippen LogP contribution < -0.4 is 5.73 Å². The van der Waals surface area contributed by atoms with Gasteiger partial charge in [-0.05, 0) is 0 Å². The van der Waals surface area contributed by atoms with Crippen molar-refractivity contribution < 1.29 is 19.5 Å². The zero-order valence-corrected chi connectivity index (χ0v) is 11.2. The highest BCUT2D eigenvalue weighted by molar-refractivity contribution is 6.00. The van der Waals surface area contributed by atoms with Crippen LogP contribution in [0, 0.1) is 5.92 Å². The maximum absolute atomic E-state index is 12.1. The van der Waals surface area contributed by atoms with Gasteiger partial charge in [-0.1, -0.05) is 13.0 Å². The van der Waals surface area contributed by atoms with Crippen LogP contribution in [0.15, 0.2) is 23.9 Å². The van der Waals surface area contributed by atoms with Crippen molar-refractivity contribution >= 4 is 17.7 Å². The van der Waals surface area contributed by atoms with Gasteiger partial charge in [0.05, 0.1) is 5.70 Å². The van der Waals surface area contributed by atoms with Gasteiger partial charge in [0.1, 0.15) is 12.0 Å². The molecule has 2 atom stereocenters. The van der Waals surface area contributed by atoms with Crippen LogP contribution in [0.25, 0.3) is 0 Å². The number of aliphatic carboxylic acids is 1. The number of carboxylic acid groups (broad SMARTS) is 1. The molecule has 0 aliphatic carbocycles. The van der Waals surface area contributed by atoms with E-state index in [4.69, 9.17) is 5.73 Å². The molecule has 1 amide bonds. The summed E-state index contributed by atoms with van der Waals surface area (Å²) >= 11 is 0. The van der Waals surface area contributed by atoms with Crippen LogP contribution >= 0.6 is 0 Å². The first-order valence-electron chi connectivity index (χ1n) is 6.38. The lowest BCUT2D eigenvalue weighted by molar-refractivity contribution is -0.141. The average molecular weight is 279 g/mol. The normalized spacial score (nSPS) is 24.0. The quantitative estimate of drug-likeness (QED) is 0.658.